The second kappa shape index (κ2) is 29.3. The van der Waals surface area contributed by atoms with Gasteiger partial charge >= 0.3 is 5.97 Å². The van der Waals surface area contributed by atoms with Crippen molar-refractivity contribution in [1.29, 1.82) is 0 Å². The van der Waals surface area contributed by atoms with Gasteiger partial charge in [0.1, 0.15) is 17.6 Å². The van der Waals surface area contributed by atoms with Gasteiger partial charge in [0.2, 0.25) is 0 Å². The molecule has 1 heterocycles. The van der Waals surface area contributed by atoms with Crippen LogP contribution in [-0.4, -0.2) is 38.9 Å². The van der Waals surface area contributed by atoms with Crippen LogP contribution in [0.2, 0.25) is 0 Å². The number of hydrogen-bond donors (Lipinski definition) is 1. The summed E-state index contributed by atoms with van der Waals surface area (Å²) in [5.74, 6) is 1.48. The van der Waals surface area contributed by atoms with Gasteiger partial charge in [0.05, 0.1) is 25.0 Å². The number of ether oxygens (including phenoxy) is 3. The van der Waals surface area contributed by atoms with Gasteiger partial charge in [0.25, 0.3) is 0 Å². The average molecular weight is 742 g/mol. The van der Waals surface area contributed by atoms with Gasteiger partial charge in [-0.15, -0.1) is 0 Å². The van der Waals surface area contributed by atoms with Crippen LogP contribution in [0.25, 0.3) is 0 Å². The smallest absolute Gasteiger partial charge is 0.306 e. The van der Waals surface area contributed by atoms with Crippen molar-refractivity contribution in [2.24, 2.45) is 16.2 Å². The number of nitrogens with one attached hydrogen (secondary N) is 1. The van der Waals surface area contributed by atoms with Crippen LogP contribution in [0.15, 0.2) is 49.0 Å². The summed E-state index contributed by atoms with van der Waals surface area (Å²) in [5.41, 5.74) is -0.521. The van der Waals surface area contributed by atoms with E-state index in [4.69, 9.17) is 14.2 Å². The molecular weight excluding hydrogens is 655 g/mol. The molecular formula is C48H87NO4. The van der Waals surface area contributed by atoms with E-state index in [1.807, 2.05) is 7.05 Å². The van der Waals surface area contributed by atoms with Crippen molar-refractivity contribution in [3.05, 3.63) is 49.0 Å². The predicted molar refractivity (Wildman–Crippen MR) is 229 cm³/mol. The van der Waals surface area contributed by atoms with Gasteiger partial charge in [-0.1, -0.05) is 117 Å². The number of hydrogen-bond acceptors (Lipinski definition) is 5. The van der Waals surface area contributed by atoms with E-state index in [1.54, 1.807) is 0 Å². The molecule has 0 aromatic rings. The van der Waals surface area contributed by atoms with Crippen LogP contribution < -0.4 is 5.32 Å². The Morgan fingerprint density at radius 1 is 0.642 bits per heavy atom. The molecule has 0 radical (unpaired) electrons. The Morgan fingerprint density at radius 3 is 1.40 bits per heavy atom. The van der Waals surface area contributed by atoms with E-state index in [2.05, 4.69) is 84.3 Å². The minimum absolute atomic E-state index is 0.00271. The lowest BCUT2D eigenvalue weighted by Crippen LogP contribution is -2.42. The standard InChI is InChI=1S/C48H87NO4/c1-42-48(7,8)43(2)52-39-35-31-27-23-19-15-11-13-17-21-25-29-33-37-44(53-45(50)40-46(3,4)47(5,6)41-49-9)36-32-28-24-20-16-12-10-14-18-22-26-30-34-38-51-42/h14-15,18-19,44,49H,1-2,10-13,16-17,20-41H2,3-9H3/b18-14-,19-15-. The Hall–Kier alpha value is -2.01. The summed E-state index contributed by atoms with van der Waals surface area (Å²) < 4.78 is 18.3. The molecule has 0 saturated heterocycles. The van der Waals surface area contributed by atoms with Crippen LogP contribution in [0.3, 0.4) is 0 Å². The second-order valence-electron chi connectivity index (χ2n) is 17.8. The van der Waals surface area contributed by atoms with Crippen LogP contribution >= 0.6 is 0 Å². The summed E-state index contributed by atoms with van der Waals surface area (Å²) in [6.45, 7) is 23.8. The molecule has 1 N–H and O–H groups in total. The molecule has 0 fully saturated rings. The first-order chi connectivity index (χ1) is 25.3. The van der Waals surface area contributed by atoms with Crippen LogP contribution in [0.4, 0.5) is 0 Å². The zero-order valence-electron chi connectivity index (χ0n) is 36.2. The Bertz CT molecular complexity index is 967. The normalized spacial score (nSPS) is 22.5. The van der Waals surface area contributed by atoms with Crippen molar-refractivity contribution < 1.29 is 19.0 Å². The molecule has 0 amide bonds. The molecule has 1 rings (SSSR count). The molecule has 0 atom stereocenters. The fourth-order valence-electron chi connectivity index (χ4n) is 6.91. The van der Waals surface area contributed by atoms with Crippen LogP contribution in [0.1, 0.15) is 202 Å². The summed E-state index contributed by atoms with van der Waals surface area (Å²) in [5, 5.41) is 3.31. The molecule has 0 aromatic carbocycles. The zero-order valence-corrected chi connectivity index (χ0v) is 36.2. The third-order valence-electron chi connectivity index (χ3n) is 11.9. The first-order valence-electron chi connectivity index (χ1n) is 22.1. The fraction of sp³-hybridized carbons (Fsp3) is 0.812. The number of carbonyl (C=O) groups is 1. The van der Waals surface area contributed by atoms with Gasteiger partial charge in [0, 0.05) is 6.54 Å². The summed E-state index contributed by atoms with van der Waals surface area (Å²) in [6.07, 6.45) is 38.5. The van der Waals surface area contributed by atoms with Gasteiger partial charge in [-0.25, -0.2) is 0 Å². The molecule has 0 bridgehead atoms. The predicted octanol–water partition coefficient (Wildman–Crippen LogP) is 14.1. The SMILES string of the molecule is C=C1OCCCCC/C=C\CCCCCCCCC(OC(=O)CC(C)(C)C(C)(C)CNC)CCCCCCCC/C=C\CCCCCOC(=C)C1(C)C. The molecule has 1 aliphatic heterocycles. The second-order valence-corrected chi connectivity index (χ2v) is 17.8. The molecule has 53 heavy (non-hydrogen) atoms. The first kappa shape index (κ1) is 49.0. The summed E-state index contributed by atoms with van der Waals surface area (Å²) in [4.78, 5) is 13.2. The van der Waals surface area contributed by atoms with Crippen molar-refractivity contribution in [3.63, 3.8) is 0 Å². The summed E-state index contributed by atoms with van der Waals surface area (Å²) >= 11 is 0. The largest absolute Gasteiger partial charge is 0.498 e. The minimum Gasteiger partial charge on any atom is -0.498 e. The Labute approximate surface area is 329 Å². The topological polar surface area (TPSA) is 56.8 Å². The third kappa shape index (κ3) is 23.5. The maximum Gasteiger partial charge on any atom is 0.306 e. The molecule has 0 aliphatic carbocycles. The highest BCUT2D eigenvalue weighted by Crippen LogP contribution is 2.41. The van der Waals surface area contributed by atoms with Gasteiger partial charge in [-0.05, 0) is 134 Å². The molecule has 308 valence electrons. The van der Waals surface area contributed by atoms with Gasteiger partial charge in [-0.2, -0.15) is 0 Å². The molecule has 5 heteroatoms. The quantitative estimate of drug-likeness (QED) is 0.217. The fourth-order valence-corrected chi connectivity index (χ4v) is 6.91. The summed E-state index contributed by atoms with van der Waals surface area (Å²) in [7, 11) is 1.99. The monoisotopic (exact) mass is 742 g/mol. The lowest BCUT2D eigenvalue weighted by atomic mass is 9.66. The maximum atomic E-state index is 13.2. The highest BCUT2D eigenvalue weighted by molar-refractivity contribution is 5.70. The van der Waals surface area contributed by atoms with E-state index in [0.29, 0.717) is 19.6 Å². The lowest BCUT2D eigenvalue weighted by molar-refractivity contribution is -0.154. The number of allylic oxidation sites excluding steroid dienone is 4. The van der Waals surface area contributed by atoms with Crippen molar-refractivity contribution in [2.45, 2.75) is 208 Å². The minimum atomic E-state index is -0.387. The first-order valence-corrected chi connectivity index (χ1v) is 22.1. The molecule has 0 spiro atoms. The van der Waals surface area contributed by atoms with Gasteiger partial charge in [-0.3, -0.25) is 4.79 Å². The summed E-state index contributed by atoms with van der Waals surface area (Å²) in [6, 6.07) is 0. The van der Waals surface area contributed by atoms with Crippen molar-refractivity contribution >= 4 is 5.97 Å². The Morgan fingerprint density at radius 2 is 1.00 bits per heavy atom. The van der Waals surface area contributed by atoms with E-state index in [1.165, 1.54) is 89.9 Å². The highest BCUT2D eigenvalue weighted by Gasteiger charge is 2.39. The van der Waals surface area contributed by atoms with E-state index in [9.17, 15) is 4.79 Å². The Kier molecular flexibility index (Phi) is 27.1. The number of esters is 1. The lowest BCUT2D eigenvalue weighted by Gasteiger charge is -2.41. The number of rotatable bonds is 6. The van der Waals surface area contributed by atoms with E-state index >= 15 is 0 Å². The van der Waals surface area contributed by atoms with Gasteiger partial charge < -0.3 is 19.5 Å². The maximum absolute atomic E-state index is 13.2. The van der Waals surface area contributed by atoms with Crippen molar-refractivity contribution in [1.82, 2.24) is 5.32 Å². The number of carbonyl (C=O) groups excluding carboxylic acids is 1. The Balaban J connectivity index is 2.59. The van der Waals surface area contributed by atoms with E-state index < -0.39 is 0 Å². The molecule has 0 unspecified atom stereocenters. The molecule has 0 aromatic heterocycles. The van der Waals surface area contributed by atoms with E-state index in [-0.39, 0.29) is 28.3 Å². The van der Waals surface area contributed by atoms with Crippen LogP contribution in [-0.2, 0) is 19.0 Å². The highest BCUT2D eigenvalue weighted by atomic mass is 16.5. The average Bonchev–Trinajstić information content (AvgIpc) is 3.09. The molecule has 1 aliphatic rings. The molecule has 0 saturated carbocycles. The van der Waals surface area contributed by atoms with Crippen molar-refractivity contribution in [3.8, 4) is 0 Å². The van der Waals surface area contributed by atoms with E-state index in [0.717, 1.165) is 82.3 Å². The zero-order chi connectivity index (χ0) is 39.3. The van der Waals surface area contributed by atoms with Crippen LogP contribution in [0.5, 0.6) is 0 Å². The molecule has 5 nitrogen and oxygen atoms in total. The van der Waals surface area contributed by atoms with Gasteiger partial charge in [0.15, 0.2) is 0 Å². The third-order valence-corrected chi connectivity index (χ3v) is 11.9. The van der Waals surface area contributed by atoms with Crippen LogP contribution in [0, 0.1) is 16.2 Å². The van der Waals surface area contributed by atoms with Crippen molar-refractivity contribution in [2.75, 3.05) is 26.8 Å².